The van der Waals surface area contributed by atoms with E-state index in [1.807, 2.05) is 11.9 Å². The lowest BCUT2D eigenvalue weighted by molar-refractivity contribution is 0.199. The number of likely N-dealkylation sites (tertiary alicyclic amines) is 1. The average Bonchev–Trinajstić information content (AvgIpc) is 2.74. The van der Waals surface area contributed by atoms with Crippen molar-refractivity contribution in [2.75, 3.05) is 32.1 Å². The molecule has 1 N–H and O–H groups in total. The predicted octanol–water partition coefficient (Wildman–Crippen LogP) is 2.41. The minimum Gasteiger partial charge on any atom is -0.389 e. The third-order valence-electron chi connectivity index (χ3n) is 4.02. The Kier molecular flexibility index (Phi) is 4.42. The van der Waals surface area contributed by atoms with Crippen LogP contribution in [0.1, 0.15) is 31.4 Å². The lowest BCUT2D eigenvalue weighted by Crippen LogP contribution is -2.36. The van der Waals surface area contributed by atoms with Gasteiger partial charge in [-0.3, -0.25) is 0 Å². The highest BCUT2D eigenvalue weighted by Gasteiger charge is 2.23. The number of aliphatic hydroxyl groups excluding tert-OH is 1. The van der Waals surface area contributed by atoms with E-state index in [-0.39, 0.29) is 5.82 Å². The molecule has 0 aliphatic carbocycles. The van der Waals surface area contributed by atoms with Crippen LogP contribution in [0.15, 0.2) is 18.2 Å². The van der Waals surface area contributed by atoms with E-state index >= 15 is 0 Å². The molecule has 19 heavy (non-hydrogen) atoms. The molecule has 1 aliphatic heterocycles. The maximum atomic E-state index is 14.1. The SMILES string of the molecule is CC(O)c1ccc(N(C)CC2CCCN2C)c(F)c1. The molecule has 0 saturated carbocycles. The van der Waals surface area contributed by atoms with Crippen molar-refractivity contribution >= 4 is 5.69 Å². The topological polar surface area (TPSA) is 26.7 Å². The van der Waals surface area contributed by atoms with Crippen LogP contribution in [-0.4, -0.2) is 43.2 Å². The van der Waals surface area contributed by atoms with Crippen LogP contribution in [-0.2, 0) is 0 Å². The van der Waals surface area contributed by atoms with Gasteiger partial charge in [0.25, 0.3) is 0 Å². The second-order valence-corrected chi connectivity index (χ2v) is 5.54. The van der Waals surface area contributed by atoms with Crippen LogP contribution < -0.4 is 4.90 Å². The summed E-state index contributed by atoms with van der Waals surface area (Å²) in [5, 5.41) is 9.46. The fraction of sp³-hybridized carbons (Fsp3) is 0.600. The highest BCUT2D eigenvalue weighted by molar-refractivity contribution is 5.49. The van der Waals surface area contributed by atoms with Crippen molar-refractivity contribution in [2.45, 2.75) is 31.9 Å². The normalized spacial score (nSPS) is 21.6. The maximum absolute atomic E-state index is 14.1. The molecule has 1 saturated heterocycles. The van der Waals surface area contributed by atoms with Gasteiger partial charge in [-0.15, -0.1) is 0 Å². The van der Waals surface area contributed by atoms with Crippen molar-refractivity contribution in [2.24, 2.45) is 0 Å². The Balaban J connectivity index is 2.08. The van der Waals surface area contributed by atoms with Crippen LogP contribution in [0.25, 0.3) is 0 Å². The Labute approximate surface area is 114 Å². The number of halogens is 1. The van der Waals surface area contributed by atoms with Gasteiger partial charge in [0.1, 0.15) is 5.82 Å². The molecule has 0 radical (unpaired) electrons. The summed E-state index contributed by atoms with van der Waals surface area (Å²) in [5.41, 5.74) is 1.22. The Morgan fingerprint density at radius 2 is 2.26 bits per heavy atom. The Morgan fingerprint density at radius 1 is 1.53 bits per heavy atom. The molecule has 106 valence electrons. The van der Waals surface area contributed by atoms with E-state index < -0.39 is 6.10 Å². The number of nitrogens with zero attached hydrogens (tertiary/aromatic N) is 2. The van der Waals surface area contributed by atoms with E-state index in [0.717, 1.165) is 13.1 Å². The summed E-state index contributed by atoms with van der Waals surface area (Å²) in [6.07, 6.45) is 1.77. The van der Waals surface area contributed by atoms with E-state index in [2.05, 4.69) is 11.9 Å². The molecule has 1 aromatic rings. The number of rotatable bonds is 4. The highest BCUT2D eigenvalue weighted by Crippen LogP contribution is 2.24. The summed E-state index contributed by atoms with van der Waals surface area (Å²) in [5.74, 6) is -0.262. The lowest BCUT2D eigenvalue weighted by atomic mass is 10.1. The quantitative estimate of drug-likeness (QED) is 0.906. The van der Waals surface area contributed by atoms with Gasteiger partial charge in [-0.05, 0) is 51.1 Å². The first kappa shape index (κ1) is 14.3. The molecule has 2 atom stereocenters. The number of likely N-dealkylation sites (N-methyl/N-ethyl adjacent to an activating group) is 2. The van der Waals surface area contributed by atoms with Crippen molar-refractivity contribution in [1.82, 2.24) is 4.90 Å². The first-order chi connectivity index (χ1) is 8.99. The van der Waals surface area contributed by atoms with Crippen molar-refractivity contribution in [3.05, 3.63) is 29.6 Å². The van der Waals surface area contributed by atoms with Crippen LogP contribution in [0.5, 0.6) is 0 Å². The Bertz CT molecular complexity index is 436. The van der Waals surface area contributed by atoms with E-state index in [0.29, 0.717) is 17.3 Å². The molecule has 0 bridgehead atoms. The van der Waals surface area contributed by atoms with Gasteiger partial charge in [-0.1, -0.05) is 6.07 Å². The Morgan fingerprint density at radius 3 is 2.79 bits per heavy atom. The summed E-state index contributed by atoms with van der Waals surface area (Å²) in [7, 11) is 4.05. The van der Waals surface area contributed by atoms with Crippen molar-refractivity contribution < 1.29 is 9.50 Å². The molecular formula is C15H23FN2O. The van der Waals surface area contributed by atoms with E-state index in [4.69, 9.17) is 0 Å². The summed E-state index contributed by atoms with van der Waals surface area (Å²) >= 11 is 0. The molecule has 1 heterocycles. The molecule has 0 aromatic heterocycles. The van der Waals surface area contributed by atoms with Crippen LogP contribution >= 0.6 is 0 Å². The summed E-state index contributed by atoms with van der Waals surface area (Å²) in [6, 6.07) is 5.47. The fourth-order valence-electron chi connectivity index (χ4n) is 2.72. The van der Waals surface area contributed by atoms with Gasteiger partial charge in [-0.25, -0.2) is 4.39 Å². The van der Waals surface area contributed by atoms with Gasteiger partial charge in [0.15, 0.2) is 0 Å². The number of anilines is 1. The van der Waals surface area contributed by atoms with E-state index in [1.165, 1.54) is 18.9 Å². The third-order valence-corrected chi connectivity index (χ3v) is 4.02. The van der Waals surface area contributed by atoms with Gasteiger partial charge in [-0.2, -0.15) is 0 Å². The zero-order valence-corrected chi connectivity index (χ0v) is 11.9. The highest BCUT2D eigenvalue weighted by atomic mass is 19.1. The zero-order valence-electron chi connectivity index (χ0n) is 11.9. The molecular weight excluding hydrogens is 243 g/mol. The van der Waals surface area contributed by atoms with Gasteiger partial charge in [0, 0.05) is 19.6 Å². The third kappa shape index (κ3) is 3.25. The number of hydrogen-bond acceptors (Lipinski definition) is 3. The molecule has 0 spiro atoms. The second-order valence-electron chi connectivity index (χ2n) is 5.54. The lowest BCUT2D eigenvalue weighted by Gasteiger charge is -2.27. The number of hydrogen-bond donors (Lipinski definition) is 1. The van der Waals surface area contributed by atoms with Crippen molar-refractivity contribution in [3.8, 4) is 0 Å². The van der Waals surface area contributed by atoms with Crippen LogP contribution in [0.4, 0.5) is 10.1 Å². The minimum absolute atomic E-state index is 0.262. The maximum Gasteiger partial charge on any atom is 0.146 e. The smallest absolute Gasteiger partial charge is 0.146 e. The summed E-state index contributed by atoms with van der Waals surface area (Å²) in [6.45, 7) is 3.61. The molecule has 4 heteroatoms. The number of benzene rings is 1. The average molecular weight is 266 g/mol. The van der Waals surface area contributed by atoms with E-state index in [9.17, 15) is 9.50 Å². The molecule has 2 rings (SSSR count). The van der Waals surface area contributed by atoms with E-state index in [1.54, 1.807) is 19.1 Å². The van der Waals surface area contributed by atoms with Crippen LogP contribution in [0, 0.1) is 5.82 Å². The molecule has 1 aromatic carbocycles. The first-order valence-electron chi connectivity index (χ1n) is 6.88. The minimum atomic E-state index is -0.630. The molecule has 3 nitrogen and oxygen atoms in total. The second kappa shape index (κ2) is 5.88. The standard InChI is InChI=1S/C15H23FN2O/c1-11(19)12-6-7-15(14(16)9-12)18(3)10-13-5-4-8-17(13)2/h6-7,9,11,13,19H,4-5,8,10H2,1-3H3. The molecule has 2 unspecified atom stereocenters. The van der Waals surface area contributed by atoms with Crippen molar-refractivity contribution in [1.29, 1.82) is 0 Å². The molecule has 0 amide bonds. The predicted molar refractivity (Wildman–Crippen MR) is 76.0 cm³/mol. The Hall–Kier alpha value is -1.13. The summed E-state index contributed by atoms with van der Waals surface area (Å²) in [4.78, 5) is 4.30. The summed E-state index contributed by atoms with van der Waals surface area (Å²) < 4.78 is 14.1. The van der Waals surface area contributed by atoms with Gasteiger partial charge in [0.2, 0.25) is 0 Å². The molecule has 1 fully saturated rings. The van der Waals surface area contributed by atoms with Crippen LogP contribution in [0.2, 0.25) is 0 Å². The van der Waals surface area contributed by atoms with Gasteiger partial charge in [0.05, 0.1) is 11.8 Å². The zero-order chi connectivity index (χ0) is 14.0. The van der Waals surface area contributed by atoms with Crippen LogP contribution in [0.3, 0.4) is 0 Å². The number of aliphatic hydroxyl groups is 1. The van der Waals surface area contributed by atoms with Gasteiger partial charge >= 0.3 is 0 Å². The van der Waals surface area contributed by atoms with Crippen molar-refractivity contribution in [3.63, 3.8) is 0 Å². The largest absolute Gasteiger partial charge is 0.389 e. The van der Waals surface area contributed by atoms with Gasteiger partial charge < -0.3 is 14.9 Å². The fourth-order valence-corrected chi connectivity index (χ4v) is 2.72. The molecule has 1 aliphatic rings. The monoisotopic (exact) mass is 266 g/mol. The first-order valence-corrected chi connectivity index (χ1v) is 6.88.